The van der Waals surface area contributed by atoms with Crippen molar-refractivity contribution in [2.24, 2.45) is 0 Å². The van der Waals surface area contributed by atoms with Crippen molar-refractivity contribution in [2.45, 2.75) is 0 Å². The summed E-state index contributed by atoms with van der Waals surface area (Å²) >= 11 is 0. The molecule has 0 fully saturated rings. The number of aromatic nitrogens is 3. The molecule has 1 N–H and O–H groups in total. The van der Waals surface area contributed by atoms with E-state index < -0.39 is 11.6 Å². The van der Waals surface area contributed by atoms with E-state index in [0.717, 1.165) is 0 Å². The van der Waals surface area contributed by atoms with Gasteiger partial charge in [0, 0.05) is 6.20 Å². The van der Waals surface area contributed by atoms with E-state index in [-0.39, 0.29) is 0 Å². The van der Waals surface area contributed by atoms with Crippen molar-refractivity contribution in [3.05, 3.63) is 28.8 Å². The first-order valence-corrected chi connectivity index (χ1v) is 3.28. The van der Waals surface area contributed by atoms with Crippen molar-refractivity contribution >= 4 is 10.9 Å². The average Bonchev–Trinajstić information content (AvgIpc) is 2.04. The van der Waals surface area contributed by atoms with E-state index >= 15 is 0 Å². The molecule has 0 atom stereocenters. The van der Waals surface area contributed by atoms with Crippen molar-refractivity contribution in [1.29, 1.82) is 0 Å². The maximum absolute atomic E-state index is 11.1. The SMILES string of the molecule is O=c1[nH]c([O-])nc2cnccc12. The van der Waals surface area contributed by atoms with E-state index in [1.54, 1.807) is 0 Å². The second kappa shape index (κ2) is 2.30. The predicted octanol–water partition coefficient (Wildman–Crippen LogP) is -0.608. The molecule has 5 nitrogen and oxygen atoms in total. The average molecular weight is 162 g/mol. The van der Waals surface area contributed by atoms with Gasteiger partial charge in [-0.1, -0.05) is 0 Å². The fraction of sp³-hybridized carbons (Fsp3) is 0. The van der Waals surface area contributed by atoms with Crippen molar-refractivity contribution in [3.63, 3.8) is 0 Å². The Morgan fingerprint density at radius 2 is 2.33 bits per heavy atom. The summed E-state index contributed by atoms with van der Waals surface area (Å²) in [5.74, 6) is 0. The van der Waals surface area contributed by atoms with E-state index in [2.05, 4.69) is 15.0 Å². The van der Waals surface area contributed by atoms with Crippen LogP contribution in [0.2, 0.25) is 0 Å². The Labute approximate surface area is 66.7 Å². The van der Waals surface area contributed by atoms with E-state index in [4.69, 9.17) is 0 Å². The zero-order valence-corrected chi connectivity index (χ0v) is 5.94. The highest BCUT2D eigenvalue weighted by Crippen LogP contribution is 2.03. The molecule has 0 amide bonds. The van der Waals surface area contributed by atoms with E-state index in [1.807, 2.05) is 0 Å². The number of nitrogens with one attached hydrogen (secondary N) is 1. The van der Waals surface area contributed by atoms with Gasteiger partial charge in [-0.05, 0) is 6.07 Å². The summed E-state index contributed by atoms with van der Waals surface area (Å²) in [5, 5.41) is 11.1. The molecule has 2 aromatic rings. The second-order valence-electron chi connectivity index (χ2n) is 2.26. The number of aromatic amines is 1. The Bertz CT molecular complexity index is 477. The Hall–Kier alpha value is -1.91. The molecule has 0 aliphatic carbocycles. The van der Waals surface area contributed by atoms with Gasteiger partial charge in [0.15, 0.2) is 0 Å². The molecule has 60 valence electrons. The van der Waals surface area contributed by atoms with Crippen LogP contribution in [0.15, 0.2) is 23.3 Å². The minimum Gasteiger partial charge on any atom is -0.846 e. The third kappa shape index (κ3) is 0.914. The molecule has 2 aromatic heterocycles. The lowest BCUT2D eigenvalue weighted by Crippen LogP contribution is -2.11. The quantitative estimate of drug-likeness (QED) is 0.560. The molecular formula is C7H4N3O2-. The van der Waals surface area contributed by atoms with Crippen LogP contribution >= 0.6 is 0 Å². The van der Waals surface area contributed by atoms with Crippen LogP contribution in [0.25, 0.3) is 10.9 Å². The molecule has 2 rings (SSSR count). The zero-order valence-electron chi connectivity index (χ0n) is 5.94. The summed E-state index contributed by atoms with van der Waals surface area (Å²) in [6.45, 7) is 0. The molecule has 0 aliphatic heterocycles. The van der Waals surface area contributed by atoms with Gasteiger partial charge in [-0.15, -0.1) is 0 Å². The van der Waals surface area contributed by atoms with Gasteiger partial charge in [0.05, 0.1) is 23.1 Å². The smallest absolute Gasteiger partial charge is 0.258 e. The summed E-state index contributed by atoms with van der Waals surface area (Å²) in [6, 6.07) is 0.876. The molecule has 0 unspecified atom stereocenters. The van der Waals surface area contributed by atoms with Crippen molar-refractivity contribution in [3.8, 4) is 6.01 Å². The van der Waals surface area contributed by atoms with Gasteiger partial charge < -0.3 is 10.1 Å². The Kier molecular flexibility index (Phi) is 1.30. The number of rotatable bonds is 0. The number of hydrogen-bond acceptors (Lipinski definition) is 4. The largest absolute Gasteiger partial charge is 0.846 e. The molecule has 2 heterocycles. The van der Waals surface area contributed by atoms with Gasteiger partial charge in [-0.2, -0.15) is 0 Å². The van der Waals surface area contributed by atoms with Crippen molar-refractivity contribution in [1.82, 2.24) is 15.0 Å². The standard InChI is InChI=1S/C7H5N3O2/c11-6-4-1-2-8-3-5(4)9-7(12)10-6/h1-3H,(H2,9,10,11,12)/p-1. The van der Waals surface area contributed by atoms with Gasteiger partial charge in [0.2, 0.25) is 0 Å². The van der Waals surface area contributed by atoms with E-state index in [9.17, 15) is 9.90 Å². The highest BCUT2D eigenvalue weighted by atomic mass is 16.3. The normalized spacial score (nSPS) is 10.3. The van der Waals surface area contributed by atoms with Gasteiger partial charge in [-0.25, -0.2) is 4.98 Å². The number of pyridine rings is 1. The van der Waals surface area contributed by atoms with Gasteiger partial charge in [0.1, 0.15) is 0 Å². The van der Waals surface area contributed by atoms with Crippen LogP contribution in [0, 0.1) is 0 Å². The topological polar surface area (TPSA) is 81.7 Å². The molecule has 0 saturated heterocycles. The Balaban J connectivity index is 2.99. The second-order valence-corrected chi connectivity index (χ2v) is 2.26. The highest BCUT2D eigenvalue weighted by Gasteiger charge is 1.96. The lowest BCUT2D eigenvalue weighted by Gasteiger charge is -2.03. The first-order chi connectivity index (χ1) is 5.77. The fourth-order valence-electron chi connectivity index (χ4n) is 0.969. The lowest BCUT2D eigenvalue weighted by atomic mass is 10.3. The van der Waals surface area contributed by atoms with Crippen molar-refractivity contribution in [2.75, 3.05) is 0 Å². The van der Waals surface area contributed by atoms with Crippen molar-refractivity contribution < 1.29 is 5.11 Å². The van der Waals surface area contributed by atoms with Gasteiger partial charge >= 0.3 is 0 Å². The maximum Gasteiger partial charge on any atom is 0.258 e. The summed E-state index contributed by atoms with van der Waals surface area (Å²) in [5.41, 5.74) is -0.0985. The molecule has 0 aliphatic rings. The third-order valence-corrected chi connectivity index (χ3v) is 1.49. The Morgan fingerprint density at radius 3 is 3.17 bits per heavy atom. The molecule has 0 spiro atoms. The van der Waals surface area contributed by atoms with Gasteiger partial charge in [0.25, 0.3) is 5.56 Å². The molecule has 12 heavy (non-hydrogen) atoms. The fourth-order valence-corrected chi connectivity index (χ4v) is 0.969. The third-order valence-electron chi connectivity index (χ3n) is 1.49. The minimum absolute atomic E-state index is 0.325. The monoisotopic (exact) mass is 162 g/mol. The van der Waals surface area contributed by atoms with Crippen LogP contribution in [-0.4, -0.2) is 15.0 Å². The number of hydrogen-bond donors (Lipinski definition) is 1. The maximum atomic E-state index is 11.1. The molecule has 0 aromatic carbocycles. The van der Waals surface area contributed by atoms with Crippen LogP contribution in [0.1, 0.15) is 0 Å². The first-order valence-electron chi connectivity index (χ1n) is 3.28. The summed E-state index contributed by atoms with van der Waals surface area (Å²) in [6.07, 6.45) is 2.86. The number of fused-ring (bicyclic) bond motifs is 1. The molecule has 0 radical (unpaired) electrons. The van der Waals surface area contributed by atoms with Crippen LogP contribution in [0.5, 0.6) is 6.01 Å². The zero-order chi connectivity index (χ0) is 8.55. The number of nitrogens with zero attached hydrogens (tertiary/aromatic N) is 2. The molecular weight excluding hydrogens is 158 g/mol. The van der Waals surface area contributed by atoms with Crippen LogP contribution in [0.4, 0.5) is 0 Å². The van der Waals surface area contributed by atoms with Gasteiger partial charge in [-0.3, -0.25) is 9.78 Å². The molecule has 5 heteroatoms. The molecule has 0 saturated carbocycles. The molecule has 0 bridgehead atoms. The van der Waals surface area contributed by atoms with E-state index in [1.165, 1.54) is 18.5 Å². The van der Waals surface area contributed by atoms with E-state index in [0.29, 0.717) is 10.9 Å². The summed E-state index contributed by atoms with van der Waals surface area (Å²) < 4.78 is 0. The van der Waals surface area contributed by atoms with Crippen LogP contribution in [-0.2, 0) is 0 Å². The lowest BCUT2D eigenvalue weighted by molar-refractivity contribution is -0.281. The minimum atomic E-state index is -0.638. The summed E-state index contributed by atoms with van der Waals surface area (Å²) in [4.78, 5) is 20.4. The number of H-pyrrole nitrogens is 1. The predicted molar refractivity (Wildman–Crippen MR) is 39.6 cm³/mol. The highest BCUT2D eigenvalue weighted by molar-refractivity contribution is 5.76. The van der Waals surface area contributed by atoms with Crippen LogP contribution < -0.4 is 10.7 Å². The first kappa shape index (κ1) is 6.78. The van der Waals surface area contributed by atoms with Crippen LogP contribution in [0.3, 0.4) is 0 Å². The summed E-state index contributed by atoms with van der Waals surface area (Å²) in [7, 11) is 0. The Morgan fingerprint density at radius 1 is 1.50 bits per heavy atom.